The number of thiazole rings is 1. The first-order valence-corrected chi connectivity index (χ1v) is 6.33. The number of nitrogens with zero attached hydrogens (tertiary/aromatic N) is 1. The Hall–Kier alpha value is -0.940. The Morgan fingerprint density at radius 2 is 2.25 bits per heavy atom. The highest BCUT2D eigenvalue weighted by Crippen LogP contribution is 2.28. The molecule has 1 amide bonds. The largest absolute Gasteiger partial charge is 0.349 e. The fourth-order valence-corrected chi connectivity index (χ4v) is 2.72. The summed E-state index contributed by atoms with van der Waals surface area (Å²) in [5.41, 5.74) is 6.69. The topological polar surface area (TPSA) is 68.0 Å². The molecule has 1 fully saturated rings. The van der Waals surface area contributed by atoms with Crippen LogP contribution in [0.2, 0.25) is 0 Å². The van der Waals surface area contributed by atoms with Gasteiger partial charge in [-0.05, 0) is 33.1 Å². The molecule has 1 aliphatic rings. The van der Waals surface area contributed by atoms with Gasteiger partial charge in [0.05, 0.1) is 10.7 Å². The Morgan fingerprint density at radius 1 is 1.56 bits per heavy atom. The minimum Gasteiger partial charge on any atom is -0.349 e. The summed E-state index contributed by atoms with van der Waals surface area (Å²) in [5.74, 6) is -0.0418. The Balaban J connectivity index is 1.95. The highest BCUT2D eigenvalue weighted by molar-refractivity contribution is 7.13. The standard InChI is InChI=1S/C11H17N3OS/c1-7-9(16-8(2)14-7)10(15)13-6-11(12)4-3-5-11/h3-6,12H2,1-2H3,(H,13,15). The number of amides is 1. The first-order chi connectivity index (χ1) is 7.50. The molecule has 16 heavy (non-hydrogen) atoms. The van der Waals surface area contributed by atoms with Gasteiger partial charge < -0.3 is 11.1 Å². The summed E-state index contributed by atoms with van der Waals surface area (Å²) in [4.78, 5) is 16.8. The molecule has 0 saturated heterocycles. The van der Waals surface area contributed by atoms with Gasteiger partial charge in [-0.3, -0.25) is 4.79 Å². The smallest absolute Gasteiger partial charge is 0.263 e. The van der Waals surface area contributed by atoms with Gasteiger partial charge in [-0.1, -0.05) is 0 Å². The predicted octanol–water partition coefficient (Wildman–Crippen LogP) is 1.37. The molecule has 0 aliphatic heterocycles. The van der Waals surface area contributed by atoms with Crippen molar-refractivity contribution >= 4 is 17.2 Å². The molecule has 0 spiro atoms. The molecule has 1 aromatic rings. The Bertz CT molecular complexity index is 409. The summed E-state index contributed by atoms with van der Waals surface area (Å²) >= 11 is 1.43. The second-order valence-corrected chi connectivity index (χ2v) is 5.75. The van der Waals surface area contributed by atoms with Crippen LogP contribution in [0.15, 0.2) is 0 Å². The number of hydrogen-bond acceptors (Lipinski definition) is 4. The minimum atomic E-state index is -0.163. The van der Waals surface area contributed by atoms with Crippen molar-refractivity contribution in [2.45, 2.75) is 38.6 Å². The lowest BCUT2D eigenvalue weighted by Crippen LogP contribution is -2.54. The molecular formula is C11H17N3OS. The van der Waals surface area contributed by atoms with Gasteiger partial charge in [0.2, 0.25) is 0 Å². The van der Waals surface area contributed by atoms with Crippen LogP contribution in [-0.2, 0) is 0 Å². The zero-order valence-corrected chi connectivity index (χ0v) is 10.5. The van der Waals surface area contributed by atoms with Crippen LogP contribution in [0.1, 0.15) is 39.6 Å². The third-order valence-electron chi connectivity index (χ3n) is 3.06. The third-order valence-corrected chi connectivity index (χ3v) is 4.13. The number of nitrogens with one attached hydrogen (secondary N) is 1. The second-order valence-electron chi connectivity index (χ2n) is 4.55. The van der Waals surface area contributed by atoms with Gasteiger partial charge in [0, 0.05) is 12.1 Å². The molecule has 3 N–H and O–H groups in total. The van der Waals surface area contributed by atoms with Crippen LogP contribution >= 0.6 is 11.3 Å². The van der Waals surface area contributed by atoms with Crippen LogP contribution in [0.3, 0.4) is 0 Å². The number of hydrogen-bond donors (Lipinski definition) is 2. The van der Waals surface area contributed by atoms with Crippen LogP contribution in [0.5, 0.6) is 0 Å². The molecule has 1 heterocycles. The van der Waals surface area contributed by atoms with Gasteiger partial charge in [-0.25, -0.2) is 4.98 Å². The molecule has 2 rings (SSSR count). The summed E-state index contributed by atoms with van der Waals surface area (Å²) in [6.07, 6.45) is 3.19. The molecular weight excluding hydrogens is 222 g/mol. The summed E-state index contributed by atoms with van der Waals surface area (Å²) in [6.45, 7) is 4.34. The van der Waals surface area contributed by atoms with Crippen LogP contribution in [-0.4, -0.2) is 23.0 Å². The van der Waals surface area contributed by atoms with Crippen LogP contribution in [0.25, 0.3) is 0 Å². The SMILES string of the molecule is Cc1nc(C)c(C(=O)NCC2(N)CCC2)s1. The van der Waals surface area contributed by atoms with E-state index in [4.69, 9.17) is 5.73 Å². The average Bonchev–Trinajstić information content (AvgIpc) is 2.51. The van der Waals surface area contributed by atoms with Gasteiger partial charge in [0.15, 0.2) is 0 Å². The molecule has 88 valence electrons. The molecule has 0 atom stereocenters. The molecule has 5 heteroatoms. The molecule has 0 aromatic carbocycles. The number of carbonyl (C=O) groups excluding carboxylic acids is 1. The zero-order valence-electron chi connectivity index (χ0n) is 9.67. The maximum atomic E-state index is 11.9. The highest BCUT2D eigenvalue weighted by Gasteiger charge is 2.32. The van der Waals surface area contributed by atoms with E-state index in [0.717, 1.165) is 23.5 Å². The van der Waals surface area contributed by atoms with Crippen molar-refractivity contribution in [3.63, 3.8) is 0 Å². The summed E-state index contributed by atoms with van der Waals surface area (Å²) in [5, 5.41) is 3.83. The summed E-state index contributed by atoms with van der Waals surface area (Å²) in [7, 11) is 0. The number of aryl methyl sites for hydroxylation is 2. The van der Waals surface area contributed by atoms with Crippen molar-refractivity contribution in [3.8, 4) is 0 Å². The number of nitrogens with two attached hydrogens (primary N) is 1. The van der Waals surface area contributed by atoms with E-state index >= 15 is 0 Å². The quantitative estimate of drug-likeness (QED) is 0.837. The van der Waals surface area contributed by atoms with Crippen molar-refractivity contribution in [2.24, 2.45) is 5.73 Å². The lowest BCUT2D eigenvalue weighted by molar-refractivity contribution is 0.0933. The van der Waals surface area contributed by atoms with Crippen molar-refractivity contribution in [3.05, 3.63) is 15.6 Å². The Kier molecular flexibility index (Phi) is 2.99. The predicted molar refractivity (Wildman–Crippen MR) is 64.7 cm³/mol. The molecule has 1 saturated carbocycles. The molecule has 1 aromatic heterocycles. The third kappa shape index (κ3) is 2.25. The van der Waals surface area contributed by atoms with Gasteiger partial charge in [0.25, 0.3) is 5.91 Å². The van der Waals surface area contributed by atoms with Gasteiger partial charge >= 0.3 is 0 Å². The lowest BCUT2D eigenvalue weighted by atomic mass is 9.78. The average molecular weight is 239 g/mol. The van der Waals surface area contributed by atoms with Crippen molar-refractivity contribution < 1.29 is 4.79 Å². The number of rotatable bonds is 3. The van der Waals surface area contributed by atoms with Crippen molar-refractivity contribution in [1.29, 1.82) is 0 Å². The van der Waals surface area contributed by atoms with Crippen molar-refractivity contribution in [2.75, 3.05) is 6.54 Å². The Morgan fingerprint density at radius 3 is 2.69 bits per heavy atom. The van der Waals surface area contributed by atoms with E-state index in [1.165, 1.54) is 17.8 Å². The fourth-order valence-electron chi connectivity index (χ4n) is 1.89. The molecule has 4 nitrogen and oxygen atoms in total. The van der Waals surface area contributed by atoms with Crippen LogP contribution in [0.4, 0.5) is 0 Å². The highest BCUT2D eigenvalue weighted by atomic mass is 32.1. The molecule has 0 radical (unpaired) electrons. The van der Waals surface area contributed by atoms with Gasteiger partial charge in [-0.2, -0.15) is 0 Å². The molecule has 1 aliphatic carbocycles. The first kappa shape index (κ1) is 11.5. The lowest BCUT2D eigenvalue weighted by Gasteiger charge is -2.38. The van der Waals surface area contributed by atoms with Crippen molar-refractivity contribution in [1.82, 2.24) is 10.3 Å². The Labute approximate surface area is 99.3 Å². The molecule has 0 unspecified atom stereocenters. The van der Waals surface area contributed by atoms with E-state index in [1.807, 2.05) is 13.8 Å². The second kappa shape index (κ2) is 4.14. The van der Waals surface area contributed by atoms with Gasteiger partial charge in [0.1, 0.15) is 4.88 Å². The maximum Gasteiger partial charge on any atom is 0.263 e. The van der Waals surface area contributed by atoms with E-state index in [1.54, 1.807) is 0 Å². The van der Waals surface area contributed by atoms with E-state index in [2.05, 4.69) is 10.3 Å². The zero-order chi connectivity index (χ0) is 11.8. The van der Waals surface area contributed by atoms with Crippen LogP contribution < -0.4 is 11.1 Å². The van der Waals surface area contributed by atoms with E-state index in [9.17, 15) is 4.79 Å². The minimum absolute atomic E-state index is 0.0418. The summed E-state index contributed by atoms with van der Waals surface area (Å²) in [6, 6.07) is 0. The van der Waals surface area contributed by atoms with E-state index in [-0.39, 0.29) is 11.4 Å². The normalized spacial score (nSPS) is 17.9. The first-order valence-electron chi connectivity index (χ1n) is 5.51. The number of carbonyl (C=O) groups is 1. The van der Waals surface area contributed by atoms with E-state index in [0.29, 0.717) is 11.4 Å². The number of aromatic nitrogens is 1. The fraction of sp³-hybridized carbons (Fsp3) is 0.636. The molecule has 0 bridgehead atoms. The van der Waals surface area contributed by atoms with Gasteiger partial charge in [-0.15, -0.1) is 11.3 Å². The van der Waals surface area contributed by atoms with Crippen LogP contribution in [0, 0.1) is 13.8 Å². The maximum absolute atomic E-state index is 11.9. The van der Waals surface area contributed by atoms with E-state index < -0.39 is 0 Å². The summed E-state index contributed by atoms with van der Waals surface area (Å²) < 4.78 is 0. The monoisotopic (exact) mass is 239 g/mol.